The molecular weight excluding hydrogens is 297 g/mol. The van der Waals surface area contributed by atoms with Crippen LogP contribution in [0.1, 0.15) is 44.0 Å². The Morgan fingerprint density at radius 1 is 1.38 bits per heavy atom. The summed E-state index contributed by atoms with van der Waals surface area (Å²) in [5.74, 6) is -2.03. The van der Waals surface area contributed by atoms with Crippen LogP contribution in [0, 0.1) is 11.2 Å². The van der Waals surface area contributed by atoms with E-state index in [1.54, 1.807) is 0 Å². The molecule has 4 nitrogen and oxygen atoms in total. The van der Waals surface area contributed by atoms with Gasteiger partial charge >= 0.3 is 5.97 Å². The highest BCUT2D eigenvalue weighted by atomic mass is 35.5. The van der Waals surface area contributed by atoms with E-state index in [0.717, 1.165) is 12.1 Å². The summed E-state index contributed by atoms with van der Waals surface area (Å²) < 4.78 is 13.0. The number of carbonyl (C=O) groups excluding carboxylic acids is 1. The van der Waals surface area contributed by atoms with E-state index in [9.17, 15) is 14.0 Å². The van der Waals surface area contributed by atoms with Crippen molar-refractivity contribution in [3.63, 3.8) is 0 Å². The SMILES string of the molecule is CC(C)(C)CC(CC(=O)O)NC(=O)c1ccc(F)cc1Cl. The number of rotatable bonds is 5. The van der Waals surface area contributed by atoms with E-state index in [1.165, 1.54) is 6.07 Å². The van der Waals surface area contributed by atoms with E-state index >= 15 is 0 Å². The lowest BCUT2D eigenvalue weighted by molar-refractivity contribution is -0.137. The third-order valence-electron chi connectivity index (χ3n) is 2.79. The molecule has 0 radical (unpaired) electrons. The average Bonchev–Trinajstić information content (AvgIpc) is 2.24. The van der Waals surface area contributed by atoms with Gasteiger partial charge in [-0.05, 0) is 30.0 Å². The first kappa shape index (κ1) is 17.4. The molecule has 1 amide bonds. The number of carbonyl (C=O) groups is 2. The Kier molecular flexibility index (Phi) is 5.72. The van der Waals surface area contributed by atoms with Crippen LogP contribution in [0.15, 0.2) is 18.2 Å². The molecule has 0 saturated heterocycles. The minimum absolute atomic E-state index is 0.00247. The van der Waals surface area contributed by atoms with Crippen LogP contribution in [0.3, 0.4) is 0 Å². The zero-order chi connectivity index (χ0) is 16.2. The second-order valence-corrected chi connectivity index (χ2v) is 6.56. The topological polar surface area (TPSA) is 66.4 Å². The predicted octanol–water partition coefficient (Wildman–Crippen LogP) is 3.49. The quantitative estimate of drug-likeness (QED) is 0.874. The van der Waals surface area contributed by atoms with E-state index in [2.05, 4.69) is 5.32 Å². The van der Waals surface area contributed by atoms with Gasteiger partial charge in [-0.3, -0.25) is 9.59 Å². The number of aliphatic carboxylic acids is 1. The minimum atomic E-state index is -0.991. The van der Waals surface area contributed by atoms with Crippen molar-refractivity contribution in [3.8, 4) is 0 Å². The molecule has 1 aromatic carbocycles. The molecule has 0 aliphatic rings. The Morgan fingerprint density at radius 3 is 2.48 bits per heavy atom. The maximum absolute atomic E-state index is 13.0. The molecule has 0 aliphatic carbocycles. The number of hydrogen-bond donors (Lipinski definition) is 2. The fourth-order valence-corrected chi connectivity index (χ4v) is 2.31. The molecule has 2 N–H and O–H groups in total. The lowest BCUT2D eigenvalue weighted by atomic mass is 9.87. The van der Waals surface area contributed by atoms with Gasteiger partial charge in [0.1, 0.15) is 5.82 Å². The first-order valence-electron chi connectivity index (χ1n) is 6.56. The average molecular weight is 316 g/mol. The van der Waals surface area contributed by atoms with Gasteiger partial charge in [0.2, 0.25) is 0 Å². The van der Waals surface area contributed by atoms with Gasteiger partial charge in [0, 0.05) is 6.04 Å². The standard InChI is InChI=1S/C15H19ClFNO3/c1-15(2,3)8-10(7-13(19)20)18-14(21)11-5-4-9(17)6-12(11)16/h4-6,10H,7-8H2,1-3H3,(H,18,21)(H,19,20). The largest absolute Gasteiger partial charge is 0.481 e. The van der Waals surface area contributed by atoms with Crippen LogP contribution in [-0.4, -0.2) is 23.0 Å². The third kappa shape index (κ3) is 6.12. The van der Waals surface area contributed by atoms with Gasteiger partial charge in [0.15, 0.2) is 0 Å². The molecule has 21 heavy (non-hydrogen) atoms. The number of halogens is 2. The maximum atomic E-state index is 13.0. The summed E-state index contributed by atoms with van der Waals surface area (Å²) >= 11 is 5.83. The van der Waals surface area contributed by atoms with Gasteiger partial charge < -0.3 is 10.4 Å². The Morgan fingerprint density at radius 2 is 2.00 bits per heavy atom. The first-order valence-corrected chi connectivity index (χ1v) is 6.94. The second kappa shape index (κ2) is 6.89. The summed E-state index contributed by atoms with van der Waals surface area (Å²) in [5, 5.41) is 11.6. The monoisotopic (exact) mass is 315 g/mol. The van der Waals surface area contributed by atoms with E-state index in [4.69, 9.17) is 16.7 Å². The van der Waals surface area contributed by atoms with Crippen molar-refractivity contribution in [3.05, 3.63) is 34.6 Å². The summed E-state index contributed by atoms with van der Waals surface area (Å²) in [7, 11) is 0. The number of hydrogen-bond acceptors (Lipinski definition) is 2. The van der Waals surface area contributed by atoms with Crippen molar-refractivity contribution in [2.45, 2.75) is 39.7 Å². The van der Waals surface area contributed by atoms with Crippen LogP contribution >= 0.6 is 11.6 Å². The number of carboxylic acids is 1. The maximum Gasteiger partial charge on any atom is 0.305 e. The molecule has 0 aliphatic heterocycles. The van der Waals surface area contributed by atoms with E-state index in [-0.39, 0.29) is 22.4 Å². The summed E-state index contributed by atoms with van der Waals surface area (Å²) in [4.78, 5) is 23.0. The van der Waals surface area contributed by atoms with Crippen molar-refractivity contribution < 1.29 is 19.1 Å². The Balaban J connectivity index is 2.86. The van der Waals surface area contributed by atoms with E-state index in [1.807, 2.05) is 20.8 Å². The fraction of sp³-hybridized carbons (Fsp3) is 0.467. The Labute approximate surface area is 128 Å². The molecule has 1 aromatic rings. The van der Waals surface area contributed by atoms with Crippen LogP contribution < -0.4 is 5.32 Å². The molecule has 0 saturated carbocycles. The summed E-state index contributed by atoms with van der Waals surface area (Å²) in [6, 6.07) is 2.95. The van der Waals surface area contributed by atoms with Crippen LogP contribution in [0.5, 0.6) is 0 Å². The minimum Gasteiger partial charge on any atom is -0.481 e. The molecule has 6 heteroatoms. The molecule has 1 rings (SSSR count). The van der Waals surface area contributed by atoms with Crippen LogP contribution in [-0.2, 0) is 4.79 Å². The van der Waals surface area contributed by atoms with Crippen molar-refractivity contribution in [2.75, 3.05) is 0 Å². The van der Waals surface area contributed by atoms with Gasteiger partial charge in [0.25, 0.3) is 5.91 Å². The molecule has 0 spiro atoms. The molecule has 0 bridgehead atoms. The molecule has 1 atom stereocenters. The fourth-order valence-electron chi connectivity index (χ4n) is 2.06. The predicted molar refractivity (Wildman–Crippen MR) is 79.0 cm³/mol. The van der Waals surface area contributed by atoms with Gasteiger partial charge in [-0.15, -0.1) is 0 Å². The third-order valence-corrected chi connectivity index (χ3v) is 3.10. The van der Waals surface area contributed by atoms with Gasteiger partial charge in [-0.2, -0.15) is 0 Å². The number of amides is 1. The van der Waals surface area contributed by atoms with Gasteiger partial charge in [-0.1, -0.05) is 32.4 Å². The lowest BCUT2D eigenvalue weighted by Gasteiger charge is -2.26. The van der Waals surface area contributed by atoms with Gasteiger partial charge in [-0.25, -0.2) is 4.39 Å². The zero-order valence-corrected chi connectivity index (χ0v) is 13.0. The number of carboxylic acid groups (broad SMARTS) is 1. The van der Waals surface area contributed by atoms with E-state index < -0.39 is 23.7 Å². The lowest BCUT2D eigenvalue weighted by Crippen LogP contribution is -2.39. The zero-order valence-electron chi connectivity index (χ0n) is 12.2. The number of benzene rings is 1. The Hall–Kier alpha value is -1.62. The van der Waals surface area contributed by atoms with Crippen molar-refractivity contribution in [1.82, 2.24) is 5.32 Å². The van der Waals surface area contributed by atoms with Crippen molar-refractivity contribution in [1.29, 1.82) is 0 Å². The van der Waals surface area contributed by atoms with E-state index in [0.29, 0.717) is 6.42 Å². The first-order chi connectivity index (χ1) is 9.58. The van der Waals surface area contributed by atoms with Crippen molar-refractivity contribution >= 4 is 23.5 Å². The van der Waals surface area contributed by atoms with Crippen molar-refractivity contribution in [2.24, 2.45) is 5.41 Å². The highest BCUT2D eigenvalue weighted by Crippen LogP contribution is 2.23. The molecular formula is C15H19ClFNO3. The molecule has 116 valence electrons. The normalized spacial score (nSPS) is 12.8. The number of nitrogens with one attached hydrogen (secondary N) is 1. The van der Waals surface area contributed by atoms with Crippen LogP contribution in [0.4, 0.5) is 4.39 Å². The van der Waals surface area contributed by atoms with Crippen LogP contribution in [0.25, 0.3) is 0 Å². The molecule has 0 fully saturated rings. The highest BCUT2D eigenvalue weighted by Gasteiger charge is 2.24. The summed E-state index contributed by atoms with van der Waals surface area (Å²) in [6.07, 6.45) is 0.325. The van der Waals surface area contributed by atoms with Crippen LogP contribution in [0.2, 0.25) is 5.02 Å². The van der Waals surface area contributed by atoms with Gasteiger partial charge in [0.05, 0.1) is 17.0 Å². The molecule has 1 unspecified atom stereocenters. The molecule has 0 aromatic heterocycles. The summed E-state index contributed by atoms with van der Waals surface area (Å²) in [5.41, 5.74) is -0.0117. The summed E-state index contributed by atoms with van der Waals surface area (Å²) in [6.45, 7) is 5.87. The smallest absolute Gasteiger partial charge is 0.305 e. The second-order valence-electron chi connectivity index (χ2n) is 6.16. The highest BCUT2D eigenvalue weighted by molar-refractivity contribution is 6.33. The molecule has 0 heterocycles. The Bertz CT molecular complexity index is 540.